The molecule has 0 unspecified atom stereocenters. The molecule has 84 valence electrons. The van der Waals surface area contributed by atoms with Gasteiger partial charge in [-0.15, -0.1) is 0 Å². The second-order valence-corrected chi connectivity index (χ2v) is 3.69. The molecular weight excluding hydrogens is 211 g/mol. The standard InChI is InChI=1S/C11H11FN2O2/c12-9-5-8(7-15)11(13-6-9)14-4-2-1-3-10(14)16/h5-7H,1-4H2. The molecule has 16 heavy (non-hydrogen) atoms. The molecule has 1 aromatic rings. The van der Waals surface area contributed by atoms with Crippen molar-refractivity contribution in [1.82, 2.24) is 4.98 Å². The Bertz CT molecular complexity index is 434. The summed E-state index contributed by atoms with van der Waals surface area (Å²) in [5.41, 5.74) is 0.121. The second kappa shape index (κ2) is 4.38. The van der Waals surface area contributed by atoms with E-state index in [4.69, 9.17) is 0 Å². The predicted octanol–water partition coefficient (Wildman–Crippen LogP) is 1.55. The van der Waals surface area contributed by atoms with Crippen LogP contribution in [0.3, 0.4) is 0 Å². The number of anilines is 1. The zero-order chi connectivity index (χ0) is 11.5. The lowest BCUT2D eigenvalue weighted by Crippen LogP contribution is -2.36. The van der Waals surface area contributed by atoms with Crippen LogP contribution in [-0.2, 0) is 4.79 Å². The molecule has 0 bridgehead atoms. The largest absolute Gasteiger partial charge is 0.298 e. The number of piperidine rings is 1. The first-order chi connectivity index (χ1) is 7.72. The molecule has 1 aliphatic heterocycles. The lowest BCUT2D eigenvalue weighted by Gasteiger charge is -2.26. The van der Waals surface area contributed by atoms with E-state index in [0.29, 0.717) is 19.3 Å². The summed E-state index contributed by atoms with van der Waals surface area (Å²) in [5.74, 6) is -0.370. The molecular formula is C11H11FN2O2. The normalized spacial score (nSPS) is 16.3. The summed E-state index contributed by atoms with van der Waals surface area (Å²) in [4.78, 5) is 27.7. The number of hydrogen-bond donors (Lipinski definition) is 0. The maximum atomic E-state index is 12.9. The highest BCUT2D eigenvalue weighted by molar-refractivity contribution is 5.97. The molecule has 5 heteroatoms. The van der Waals surface area contributed by atoms with E-state index in [-0.39, 0.29) is 17.3 Å². The topological polar surface area (TPSA) is 50.3 Å². The summed E-state index contributed by atoms with van der Waals surface area (Å²) in [7, 11) is 0. The van der Waals surface area contributed by atoms with Gasteiger partial charge in [-0.1, -0.05) is 0 Å². The van der Waals surface area contributed by atoms with Gasteiger partial charge in [0.1, 0.15) is 11.6 Å². The highest BCUT2D eigenvalue weighted by Gasteiger charge is 2.23. The quantitative estimate of drug-likeness (QED) is 0.713. The smallest absolute Gasteiger partial charge is 0.228 e. The Morgan fingerprint density at radius 3 is 2.94 bits per heavy atom. The Morgan fingerprint density at radius 2 is 2.25 bits per heavy atom. The molecule has 0 atom stereocenters. The van der Waals surface area contributed by atoms with Crippen LogP contribution in [0.4, 0.5) is 10.2 Å². The number of carbonyl (C=O) groups excluding carboxylic acids is 2. The Morgan fingerprint density at radius 1 is 1.44 bits per heavy atom. The molecule has 4 nitrogen and oxygen atoms in total. The minimum atomic E-state index is -0.574. The minimum absolute atomic E-state index is 0.0616. The number of rotatable bonds is 2. The van der Waals surface area contributed by atoms with E-state index < -0.39 is 5.82 Å². The summed E-state index contributed by atoms with van der Waals surface area (Å²) in [6, 6.07) is 1.09. The van der Waals surface area contributed by atoms with Crippen LogP contribution in [-0.4, -0.2) is 23.7 Å². The zero-order valence-corrected chi connectivity index (χ0v) is 8.65. The molecule has 0 N–H and O–H groups in total. The molecule has 0 radical (unpaired) electrons. The third-order valence-corrected chi connectivity index (χ3v) is 2.57. The van der Waals surface area contributed by atoms with E-state index in [1.54, 1.807) is 0 Å². The van der Waals surface area contributed by atoms with Crippen LogP contribution >= 0.6 is 0 Å². The Kier molecular flexibility index (Phi) is 2.94. The number of amides is 1. The average molecular weight is 222 g/mol. The number of nitrogens with zero attached hydrogens (tertiary/aromatic N) is 2. The van der Waals surface area contributed by atoms with Gasteiger partial charge in [-0.3, -0.25) is 14.5 Å². The number of hydrogen-bond acceptors (Lipinski definition) is 3. The van der Waals surface area contributed by atoms with Crippen molar-refractivity contribution in [3.8, 4) is 0 Å². The molecule has 1 fully saturated rings. The maximum Gasteiger partial charge on any atom is 0.228 e. The summed E-state index contributed by atoms with van der Waals surface area (Å²) in [6.07, 6.45) is 3.73. The van der Waals surface area contributed by atoms with Gasteiger partial charge in [0.05, 0.1) is 11.8 Å². The zero-order valence-electron chi connectivity index (χ0n) is 8.65. The van der Waals surface area contributed by atoms with E-state index >= 15 is 0 Å². The van der Waals surface area contributed by atoms with Gasteiger partial charge in [0.15, 0.2) is 6.29 Å². The number of pyridine rings is 1. The fourth-order valence-electron chi connectivity index (χ4n) is 1.79. The van der Waals surface area contributed by atoms with Crippen molar-refractivity contribution in [1.29, 1.82) is 0 Å². The van der Waals surface area contributed by atoms with Crippen LogP contribution < -0.4 is 4.90 Å². The highest BCUT2D eigenvalue weighted by Crippen LogP contribution is 2.21. The van der Waals surface area contributed by atoms with Crippen LogP contribution in [0.2, 0.25) is 0 Å². The minimum Gasteiger partial charge on any atom is -0.298 e. The van der Waals surface area contributed by atoms with Crippen LogP contribution in [0.1, 0.15) is 29.6 Å². The first-order valence-corrected chi connectivity index (χ1v) is 5.13. The number of halogens is 1. The predicted molar refractivity (Wildman–Crippen MR) is 55.8 cm³/mol. The molecule has 1 aromatic heterocycles. The summed E-state index contributed by atoms with van der Waals surface area (Å²) < 4.78 is 12.9. The number of carbonyl (C=O) groups is 2. The second-order valence-electron chi connectivity index (χ2n) is 3.69. The summed E-state index contributed by atoms with van der Waals surface area (Å²) in [5, 5.41) is 0. The van der Waals surface area contributed by atoms with Crippen molar-refractivity contribution in [2.24, 2.45) is 0 Å². The van der Waals surface area contributed by atoms with E-state index in [1.165, 1.54) is 4.90 Å². The molecule has 2 heterocycles. The SMILES string of the molecule is O=Cc1cc(F)cnc1N1CCCCC1=O. The van der Waals surface area contributed by atoms with E-state index in [2.05, 4.69) is 4.98 Å². The fourth-order valence-corrected chi connectivity index (χ4v) is 1.79. The van der Waals surface area contributed by atoms with E-state index in [1.807, 2.05) is 0 Å². The van der Waals surface area contributed by atoms with Crippen LogP contribution in [0.5, 0.6) is 0 Å². The Labute approximate surface area is 92.1 Å². The van der Waals surface area contributed by atoms with Crippen molar-refractivity contribution < 1.29 is 14.0 Å². The molecule has 1 amide bonds. The monoisotopic (exact) mass is 222 g/mol. The van der Waals surface area contributed by atoms with Crippen molar-refractivity contribution in [2.45, 2.75) is 19.3 Å². The molecule has 1 aliphatic rings. The molecule has 2 rings (SSSR count). The first kappa shape index (κ1) is 10.7. The van der Waals surface area contributed by atoms with Crippen LogP contribution in [0, 0.1) is 5.82 Å². The molecule has 0 aliphatic carbocycles. The lowest BCUT2D eigenvalue weighted by molar-refractivity contribution is -0.119. The first-order valence-electron chi connectivity index (χ1n) is 5.13. The number of aromatic nitrogens is 1. The van der Waals surface area contributed by atoms with Gasteiger partial charge in [-0.25, -0.2) is 9.37 Å². The Hall–Kier alpha value is -1.78. The van der Waals surface area contributed by atoms with Crippen molar-refractivity contribution >= 4 is 18.0 Å². The van der Waals surface area contributed by atoms with Crippen LogP contribution in [0.25, 0.3) is 0 Å². The lowest BCUT2D eigenvalue weighted by atomic mass is 10.1. The van der Waals surface area contributed by atoms with Gasteiger partial charge in [0.25, 0.3) is 0 Å². The molecule has 0 aromatic carbocycles. The summed E-state index contributed by atoms with van der Waals surface area (Å²) in [6.45, 7) is 0.540. The molecule has 1 saturated heterocycles. The van der Waals surface area contributed by atoms with Gasteiger partial charge >= 0.3 is 0 Å². The van der Waals surface area contributed by atoms with Crippen molar-refractivity contribution in [2.75, 3.05) is 11.4 Å². The summed E-state index contributed by atoms with van der Waals surface area (Å²) >= 11 is 0. The van der Waals surface area contributed by atoms with Gasteiger partial charge < -0.3 is 0 Å². The van der Waals surface area contributed by atoms with Gasteiger partial charge in [-0.05, 0) is 18.9 Å². The van der Waals surface area contributed by atoms with Crippen molar-refractivity contribution in [3.63, 3.8) is 0 Å². The van der Waals surface area contributed by atoms with Crippen molar-refractivity contribution in [3.05, 3.63) is 23.6 Å². The molecule has 0 saturated carbocycles. The fraction of sp³-hybridized carbons (Fsp3) is 0.364. The van der Waals surface area contributed by atoms with Gasteiger partial charge in [0.2, 0.25) is 5.91 Å². The average Bonchev–Trinajstić information content (AvgIpc) is 2.30. The van der Waals surface area contributed by atoms with E-state index in [0.717, 1.165) is 25.1 Å². The number of aldehydes is 1. The molecule has 0 spiro atoms. The highest BCUT2D eigenvalue weighted by atomic mass is 19.1. The third-order valence-electron chi connectivity index (χ3n) is 2.57. The maximum absolute atomic E-state index is 12.9. The Balaban J connectivity index is 2.38. The van der Waals surface area contributed by atoms with E-state index in [9.17, 15) is 14.0 Å². The van der Waals surface area contributed by atoms with Crippen LogP contribution in [0.15, 0.2) is 12.3 Å². The van der Waals surface area contributed by atoms with Gasteiger partial charge in [-0.2, -0.15) is 0 Å². The third kappa shape index (κ3) is 1.93. The van der Waals surface area contributed by atoms with Gasteiger partial charge in [0, 0.05) is 13.0 Å².